The van der Waals surface area contributed by atoms with Crippen molar-refractivity contribution in [1.82, 2.24) is 14.5 Å². The van der Waals surface area contributed by atoms with Crippen molar-refractivity contribution in [3.05, 3.63) is 64.8 Å². The van der Waals surface area contributed by atoms with Gasteiger partial charge in [0.1, 0.15) is 15.6 Å². The predicted octanol–water partition coefficient (Wildman–Crippen LogP) is 4.16. The van der Waals surface area contributed by atoms with Gasteiger partial charge in [-0.2, -0.15) is 0 Å². The van der Waals surface area contributed by atoms with E-state index < -0.39 is 6.04 Å². The van der Waals surface area contributed by atoms with Gasteiger partial charge >= 0.3 is 0 Å². The minimum atomic E-state index is -0.631. The standard InChI is InChI=1S/C21H20N4O2S/c1-3-13-7-9-14(10-8-13)24-19(26)16(4-2)25-12-23-17-15-6-5-11-22-20(15)28-18(17)21(25)27/h5-12,16H,3-4H2,1-2H3,(H,24,26). The Morgan fingerprint density at radius 1 is 1.18 bits per heavy atom. The second kappa shape index (κ2) is 7.52. The molecule has 28 heavy (non-hydrogen) atoms. The lowest BCUT2D eigenvalue weighted by Gasteiger charge is -2.17. The summed E-state index contributed by atoms with van der Waals surface area (Å²) >= 11 is 1.31. The number of anilines is 1. The summed E-state index contributed by atoms with van der Waals surface area (Å²) in [6, 6.07) is 10.8. The maximum absolute atomic E-state index is 13.1. The molecule has 0 saturated carbocycles. The zero-order valence-corrected chi connectivity index (χ0v) is 16.5. The van der Waals surface area contributed by atoms with Gasteiger partial charge in [-0.3, -0.25) is 14.2 Å². The highest BCUT2D eigenvalue weighted by molar-refractivity contribution is 7.25. The normalized spacial score (nSPS) is 12.4. The van der Waals surface area contributed by atoms with Crippen molar-refractivity contribution in [1.29, 1.82) is 0 Å². The van der Waals surface area contributed by atoms with E-state index in [-0.39, 0.29) is 11.5 Å². The summed E-state index contributed by atoms with van der Waals surface area (Å²) in [5.41, 5.74) is 2.35. The smallest absolute Gasteiger partial charge is 0.272 e. The van der Waals surface area contributed by atoms with Crippen molar-refractivity contribution in [2.75, 3.05) is 5.32 Å². The first kappa shape index (κ1) is 18.3. The number of rotatable bonds is 5. The van der Waals surface area contributed by atoms with E-state index in [1.54, 1.807) is 6.20 Å². The minimum absolute atomic E-state index is 0.212. The number of hydrogen-bond acceptors (Lipinski definition) is 5. The lowest BCUT2D eigenvalue weighted by atomic mass is 10.1. The van der Waals surface area contributed by atoms with Crippen LogP contribution in [0.3, 0.4) is 0 Å². The molecule has 4 rings (SSSR count). The Morgan fingerprint density at radius 3 is 2.68 bits per heavy atom. The molecule has 0 saturated heterocycles. The summed E-state index contributed by atoms with van der Waals surface area (Å²) in [5.74, 6) is -0.228. The van der Waals surface area contributed by atoms with Gasteiger partial charge in [-0.05, 0) is 42.7 Å². The number of benzene rings is 1. The summed E-state index contributed by atoms with van der Waals surface area (Å²) < 4.78 is 1.95. The Morgan fingerprint density at radius 2 is 1.96 bits per heavy atom. The lowest BCUT2D eigenvalue weighted by Crippen LogP contribution is -2.33. The third-order valence-corrected chi connectivity index (χ3v) is 5.93. The van der Waals surface area contributed by atoms with E-state index in [9.17, 15) is 9.59 Å². The molecule has 0 aliphatic rings. The van der Waals surface area contributed by atoms with E-state index >= 15 is 0 Å². The van der Waals surface area contributed by atoms with E-state index in [4.69, 9.17) is 0 Å². The van der Waals surface area contributed by atoms with Crippen molar-refractivity contribution in [3.63, 3.8) is 0 Å². The molecule has 1 atom stereocenters. The Hall–Kier alpha value is -3.06. The molecule has 0 aliphatic heterocycles. The van der Waals surface area contributed by atoms with E-state index in [0.717, 1.165) is 16.6 Å². The fourth-order valence-corrected chi connectivity index (χ4v) is 4.30. The fraction of sp³-hybridized carbons (Fsp3) is 0.238. The molecule has 1 amide bonds. The van der Waals surface area contributed by atoms with Crippen LogP contribution in [0.25, 0.3) is 20.4 Å². The fourth-order valence-electron chi connectivity index (χ4n) is 3.26. The lowest BCUT2D eigenvalue weighted by molar-refractivity contribution is -0.119. The Bertz CT molecular complexity index is 1210. The zero-order valence-electron chi connectivity index (χ0n) is 15.7. The molecule has 142 valence electrons. The number of pyridine rings is 1. The highest BCUT2D eigenvalue weighted by Gasteiger charge is 2.22. The molecular formula is C21H20N4O2S. The highest BCUT2D eigenvalue weighted by atomic mass is 32.1. The number of carbonyl (C=O) groups is 1. The molecular weight excluding hydrogens is 372 g/mol. The van der Waals surface area contributed by atoms with Gasteiger partial charge in [-0.15, -0.1) is 11.3 Å². The van der Waals surface area contributed by atoms with Crippen LogP contribution in [0, 0.1) is 0 Å². The highest BCUT2D eigenvalue weighted by Crippen LogP contribution is 2.28. The topological polar surface area (TPSA) is 76.9 Å². The van der Waals surface area contributed by atoms with Gasteiger partial charge in [0, 0.05) is 17.3 Å². The molecule has 1 N–H and O–H groups in total. The van der Waals surface area contributed by atoms with Gasteiger partial charge < -0.3 is 5.32 Å². The Balaban J connectivity index is 1.69. The van der Waals surface area contributed by atoms with Crippen molar-refractivity contribution in [2.24, 2.45) is 0 Å². The van der Waals surface area contributed by atoms with Crippen molar-refractivity contribution >= 4 is 43.4 Å². The molecule has 1 unspecified atom stereocenters. The molecule has 0 bridgehead atoms. The third-order valence-electron chi connectivity index (χ3n) is 4.83. The SMILES string of the molecule is CCc1ccc(NC(=O)C(CC)n2cnc3c(sc4ncccc43)c2=O)cc1. The Kier molecular flexibility index (Phi) is 4.92. The number of amides is 1. The van der Waals surface area contributed by atoms with E-state index in [1.807, 2.05) is 43.3 Å². The van der Waals surface area contributed by atoms with Gasteiger partial charge in [-0.25, -0.2) is 9.97 Å². The summed E-state index contributed by atoms with van der Waals surface area (Å²) in [6.45, 7) is 3.97. The Labute approximate surface area is 165 Å². The van der Waals surface area contributed by atoms with Gasteiger partial charge in [0.25, 0.3) is 5.56 Å². The summed E-state index contributed by atoms with van der Waals surface area (Å²) in [5, 5.41) is 3.77. The molecule has 0 aliphatic carbocycles. The van der Waals surface area contributed by atoms with E-state index in [1.165, 1.54) is 27.8 Å². The van der Waals surface area contributed by atoms with Crippen LogP contribution in [-0.4, -0.2) is 20.4 Å². The summed E-state index contributed by atoms with van der Waals surface area (Å²) in [4.78, 5) is 35.5. The number of nitrogens with one attached hydrogen (secondary N) is 1. The first-order chi connectivity index (χ1) is 13.6. The average molecular weight is 392 g/mol. The molecule has 1 aromatic carbocycles. The molecule has 7 heteroatoms. The number of aryl methyl sites for hydroxylation is 1. The van der Waals surface area contributed by atoms with Crippen LogP contribution in [0.1, 0.15) is 31.9 Å². The zero-order chi connectivity index (χ0) is 19.7. The van der Waals surface area contributed by atoms with Gasteiger partial charge in [0.15, 0.2) is 0 Å². The largest absolute Gasteiger partial charge is 0.324 e. The number of carbonyl (C=O) groups excluding carboxylic acids is 1. The second-order valence-electron chi connectivity index (χ2n) is 6.56. The van der Waals surface area contributed by atoms with Gasteiger partial charge in [-0.1, -0.05) is 26.0 Å². The number of hydrogen-bond donors (Lipinski definition) is 1. The summed E-state index contributed by atoms with van der Waals surface area (Å²) in [7, 11) is 0. The number of thiophene rings is 1. The molecule has 3 aromatic heterocycles. The van der Waals surface area contributed by atoms with Crippen molar-refractivity contribution < 1.29 is 4.79 Å². The quantitative estimate of drug-likeness (QED) is 0.553. The minimum Gasteiger partial charge on any atom is -0.324 e. The predicted molar refractivity (Wildman–Crippen MR) is 113 cm³/mol. The first-order valence-electron chi connectivity index (χ1n) is 9.26. The van der Waals surface area contributed by atoms with Gasteiger partial charge in [0.05, 0.1) is 11.8 Å². The molecule has 3 heterocycles. The first-order valence-corrected chi connectivity index (χ1v) is 10.1. The molecule has 6 nitrogen and oxygen atoms in total. The monoisotopic (exact) mass is 392 g/mol. The molecule has 0 radical (unpaired) electrons. The van der Waals surface area contributed by atoms with Gasteiger partial charge in [0.2, 0.25) is 5.91 Å². The number of nitrogens with zero attached hydrogens (tertiary/aromatic N) is 3. The molecule has 0 fully saturated rings. The van der Waals surface area contributed by atoms with Crippen LogP contribution < -0.4 is 10.9 Å². The summed E-state index contributed by atoms with van der Waals surface area (Å²) in [6.07, 6.45) is 4.59. The molecule has 0 spiro atoms. The van der Waals surface area contributed by atoms with Crippen LogP contribution in [0.5, 0.6) is 0 Å². The van der Waals surface area contributed by atoms with Crippen LogP contribution >= 0.6 is 11.3 Å². The third kappa shape index (κ3) is 3.18. The maximum atomic E-state index is 13.1. The van der Waals surface area contributed by atoms with Crippen molar-refractivity contribution in [2.45, 2.75) is 32.7 Å². The van der Waals surface area contributed by atoms with Crippen molar-refractivity contribution in [3.8, 4) is 0 Å². The maximum Gasteiger partial charge on any atom is 0.272 e. The van der Waals surface area contributed by atoms with Crippen LogP contribution in [0.2, 0.25) is 0 Å². The van der Waals surface area contributed by atoms with Crippen LogP contribution in [-0.2, 0) is 11.2 Å². The molecule has 4 aromatic rings. The number of aromatic nitrogens is 3. The second-order valence-corrected chi connectivity index (χ2v) is 7.56. The van der Waals surface area contributed by atoms with Crippen LogP contribution in [0.15, 0.2) is 53.7 Å². The van der Waals surface area contributed by atoms with Crippen LogP contribution in [0.4, 0.5) is 5.69 Å². The average Bonchev–Trinajstić information content (AvgIpc) is 3.10. The van der Waals surface area contributed by atoms with E-state index in [0.29, 0.717) is 22.3 Å². The number of fused-ring (bicyclic) bond motifs is 3. The van der Waals surface area contributed by atoms with E-state index in [2.05, 4.69) is 22.2 Å².